The molecule has 0 aromatic heterocycles. The first kappa shape index (κ1) is 18.6. The highest BCUT2D eigenvalue weighted by Gasteiger charge is 2.55. The Labute approximate surface area is 175 Å². The van der Waals surface area contributed by atoms with E-state index in [0.717, 1.165) is 48.6 Å². The average molecular weight is 408 g/mol. The van der Waals surface area contributed by atoms with Crippen molar-refractivity contribution in [1.29, 1.82) is 0 Å². The summed E-state index contributed by atoms with van der Waals surface area (Å²) in [7, 11) is 0. The summed E-state index contributed by atoms with van der Waals surface area (Å²) >= 11 is 1.80. The maximum absolute atomic E-state index is 13.1. The fraction of sp³-hybridized carbons (Fsp3) is 0.375. The topological polar surface area (TPSA) is 38.8 Å². The number of amides is 1. The van der Waals surface area contributed by atoms with E-state index in [1.54, 1.807) is 11.8 Å². The number of carbonyl (C=O) groups is 1. The van der Waals surface area contributed by atoms with Crippen LogP contribution in [0.2, 0.25) is 0 Å². The number of likely N-dealkylation sites (tertiary alicyclic amines) is 1. The molecule has 0 radical (unpaired) electrons. The van der Waals surface area contributed by atoms with Gasteiger partial charge in [-0.2, -0.15) is 0 Å². The van der Waals surface area contributed by atoms with E-state index in [0.29, 0.717) is 12.3 Å². The molecule has 2 heterocycles. The number of fused-ring (bicyclic) bond motifs is 2. The first-order chi connectivity index (χ1) is 14.2. The summed E-state index contributed by atoms with van der Waals surface area (Å²) in [6, 6.07) is 16.6. The molecule has 2 fully saturated rings. The molecule has 2 aliphatic heterocycles. The maximum Gasteiger partial charge on any atom is 0.231 e. The van der Waals surface area contributed by atoms with Crippen LogP contribution in [0.3, 0.4) is 0 Å². The SMILES string of the molecule is C=C1CC[C@H]2CC(=O)N(CCSc3ccccc3)[C@@]2(c2ccc3c(c2)OCO3)C1. The number of nitrogens with zero attached hydrogens (tertiary/aromatic N) is 1. The standard InChI is InChI=1S/C24H25NO3S/c1-17-7-8-19-14-23(26)25(11-12-29-20-5-3-2-4-6-20)24(19,15-17)18-9-10-21-22(13-18)28-16-27-21/h2-6,9-10,13,19H,1,7-8,11-12,14-16H2/t19-,24+/m0/s1. The molecule has 5 heteroatoms. The number of hydrogen-bond acceptors (Lipinski definition) is 4. The van der Waals surface area contributed by atoms with Gasteiger partial charge in [-0.15, -0.1) is 11.8 Å². The van der Waals surface area contributed by atoms with Gasteiger partial charge in [-0.05, 0) is 55.0 Å². The van der Waals surface area contributed by atoms with E-state index in [1.165, 1.54) is 10.5 Å². The Morgan fingerprint density at radius 3 is 2.83 bits per heavy atom. The number of carbonyl (C=O) groups excluding carboxylic acids is 1. The van der Waals surface area contributed by atoms with E-state index < -0.39 is 0 Å². The smallest absolute Gasteiger partial charge is 0.231 e. The van der Waals surface area contributed by atoms with E-state index in [1.807, 2.05) is 12.1 Å². The average Bonchev–Trinajstić information content (AvgIpc) is 3.31. The third kappa shape index (κ3) is 3.21. The summed E-state index contributed by atoms with van der Waals surface area (Å²) in [5.41, 5.74) is 2.07. The Morgan fingerprint density at radius 2 is 1.97 bits per heavy atom. The molecule has 2 atom stereocenters. The van der Waals surface area contributed by atoms with E-state index in [4.69, 9.17) is 9.47 Å². The minimum absolute atomic E-state index is 0.260. The van der Waals surface area contributed by atoms with E-state index in [9.17, 15) is 4.79 Å². The van der Waals surface area contributed by atoms with Gasteiger partial charge in [0.25, 0.3) is 0 Å². The molecule has 29 heavy (non-hydrogen) atoms. The molecule has 1 aliphatic carbocycles. The number of ether oxygens (including phenoxy) is 2. The lowest BCUT2D eigenvalue weighted by atomic mass is 9.68. The zero-order chi connectivity index (χ0) is 19.8. The van der Waals surface area contributed by atoms with Gasteiger partial charge in [0.15, 0.2) is 11.5 Å². The molecule has 0 bridgehead atoms. The second-order valence-electron chi connectivity index (χ2n) is 8.07. The molecule has 3 aliphatic rings. The van der Waals surface area contributed by atoms with Crippen LogP contribution >= 0.6 is 11.8 Å². The van der Waals surface area contributed by atoms with Crippen LogP contribution in [-0.4, -0.2) is 29.9 Å². The van der Waals surface area contributed by atoms with Crippen molar-refractivity contribution in [2.24, 2.45) is 5.92 Å². The summed E-state index contributed by atoms with van der Waals surface area (Å²) in [5.74, 6) is 3.02. The molecular formula is C24H25NO3S. The van der Waals surface area contributed by atoms with Gasteiger partial charge in [0.2, 0.25) is 12.7 Å². The van der Waals surface area contributed by atoms with E-state index >= 15 is 0 Å². The van der Waals surface area contributed by atoms with Gasteiger partial charge < -0.3 is 14.4 Å². The normalized spacial score (nSPS) is 25.4. The first-order valence-corrected chi connectivity index (χ1v) is 11.2. The minimum atomic E-state index is -0.315. The quantitative estimate of drug-likeness (QED) is 0.517. The minimum Gasteiger partial charge on any atom is -0.454 e. The Hall–Kier alpha value is -2.40. The zero-order valence-electron chi connectivity index (χ0n) is 16.4. The lowest BCUT2D eigenvalue weighted by Gasteiger charge is -2.46. The summed E-state index contributed by atoms with van der Waals surface area (Å²) in [4.78, 5) is 16.5. The number of thioether (sulfide) groups is 1. The molecule has 2 aromatic rings. The van der Waals surface area contributed by atoms with Crippen LogP contribution in [0.4, 0.5) is 0 Å². The molecule has 150 valence electrons. The van der Waals surface area contributed by atoms with E-state index in [-0.39, 0.29) is 18.2 Å². The highest BCUT2D eigenvalue weighted by molar-refractivity contribution is 7.99. The van der Waals surface area contributed by atoms with Crippen molar-refractivity contribution in [3.63, 3.8) is 0 Å². The summed E-state index contributed by atoms with van der Waals surface area (Å²) < 4.78 is 11.2. The van der Waals surface area contributed by atoms with Gasteiger partial charge in [-0.3, -0.25) is 4.79 Å². The third-order valence-corrected chi connectivity index (χ3v) is 7.44. The Morgan fingerprint density at radius 1 is 1.14 bits per heavy atom. The van der Waals surface area contributed by atoms with Crippen LogP contribution in [0.1, 0.15) is 31.2 Å². The number of benzene rings is 2. The summed E-state index contributed by atoms with van der Waals surface area (Å²) in [5, 5.41) is 0. The maximum atomic E-state index is 13.1. The van der Waals surface area contributed by atoms with Gasteiger partial charge in [-0.25, -0.2) is 0 Å². The van der Waals surface area contributed by atoms with Gasteiger partial charge in [0.05, 0.1) is 5.54 Å². The molecule has 1 saturated heterocycles. The van der Waals surface area contributed by atoms with Crippen molar-refractivity contribution in [2.75, 3.05) is 19.1 Å². The fourth-order valence-corrected chi connectivity index (χ4v) is 5.98. The lowest BCUT2D eigenvalue weighted by molar-refractivity contribution is -0.131. The van der Waals surface area contributed by atoms with Gasteiger partial charge in [-0.1, -0.05) is 36.4 Å². The first-order valence-electron chi connectivity index (χ1n) is 10.2. The monoisotopic (exact) mass is 407 g/mol. The Balaban J connectivity index is 1.46. The molecule has 4 nitrogen and oxygen atoms in total. The second kappa shape index (κ2) is 7.45. The van der Waals surface area contributed by atoms with Crippen LogP contribution in [0.5, 0.6) is 11.5 Å². The predicted molar refractivity (Wildman–Crippen MR) is 114 cm³/mol. The number of rotatable bonds is 5. The molecule has 2 aromatic carbocycles. The van der Waals surface area contributed by atoms with Crippen LogP contribution in [0.15, 0.2) is 65.6 Å². The highest BCUT2D eigenvalue weighted by atomic mass is 32.2. The van der Waals surface area contributed by atoms with Gasteiger partial charge in [0, 0.05) is 23.6 Å². The third-order valence-electron chi connectivity index (χ3n) is 6.44. The van der Waals surface area contributed by atoms with Crippen LogP contribution in [0.25, 0.3) is 0 Å². The Bertz CT molecular complexity index is 944. The van der Waals surface area contributed by atoms with Crippen LogP contribution < -0.4 is 9.47 Å². The second-order valence-corrected chi connectivity index (χ2v) is 9.23. The van der Waals surface area contributed by atoms with Crippen molar-refractivity contribution in [3.05, 3.63) is 66.2 Å². The molecule has 1 amide bonds. The lowest BCUT2D eigenvalue weighted by Crippen LogP contribution is -2.49. The summed E-state index contributed by atoms with van der Waals surface area (Å²) in [6.07, 6.45) is 3.48. The molecule has 1 saturated carbocycles. The van der Waals surface area contributed by atoms with Crippen molar-refractivity contribution in [1.82, 2.24) is 4.90 Å². The van der Waals surface area contributed by atoms with Crippen LogP contribution in [-0.2, 0) is 10.3 Å². The zero-order valence-corrected chi connectivity index (χ0v) is 17.2. The number of hydrogen-bond donors (Lipinski definition) is 0. The van der Waals surface area contributed by atoms with Crippen molar-refractivity contribution in [2.45, 2.75) is 36.1 Å². The predicted octanol–water partition coefficient (Wildman–Crippen LogP) is 4.99. The summed E-state index contributed by atoms with van der Waals surface area (Å²) in [6.45, 7) is 5.30. The molecule has 0 N–H and O–H groups in total. The fourth-order valence-electron chi connectivity index (χ4n) is 5.12. The molecule has 0 spiro atoms. The van der Waals surface area contributed by atoms with Gasteiger partial charge >= 0.3 is 0 Å². The Kier molecular flexibility index (Phi) is 4.78. The van der Waals surface area contributed by atoms with Crippen molar-refractivity contribution >= 4 is 17.7 Å². The van der Waals surface area contributed by atoms with Crippen LogP contribution in [0, 0.1) is 5.92 Å². The van der Waals surface area contributed by atoms with E-state index in [2.05, 4.69) is 47.9 Å². The highest BCUT2D eigenvalue weighted by Crippen LogP contribution is 2.54. The molecular weight excluding hydrogens is 382 g/mol. The largest absolute Gasteiger partial charge is 0.454 e. The molecule has 0 unspecified atom stereocenters. The van der Waals surface area contributed by atoms with Crippen molar-refractivity contribution < 1.29 is 14.3 Å². The van der Waals surface area contributed by atoms with Gasteiger partial charge in [0.1, 0.15) is 0 Å². The molecule has 5 rings (SSSR count). The van der Waals surface area contributed by atoms with Crippen molar-refractivity contribution in [3.8, 4) is 11.5 Å².